The lowest BCUT2D eigenvalue weighted by Gasteiger charge is -2.20. The lowest BCUT2D eigenvalue weighted by atomic mass is 10.2. The van der Waals surface area contributed by atoms with Gasteiger partial charge < -0.3 is 9.80 Å². The van der Waals surface area contributed by atoms with Crippen molar-refractivity contribution in [2.75, 3.05) is 19.6 Å². The van der Waals surface area contributed by atoms with Gasteiger partial charge in [0.05, 0.1) is 5.52 Å². The van der Waals surface area contributed by atoms with Crippen LogP contribution in [0.15, 0.2) is 54.7 Å². The molecule has 0 saturated carbocycles. The summed E-state index contributed by atoms with van der Waals surface area (Å²) < 4.78 is 1.74. The zero-order valence-corrected chi connectivity index (χ0v) is 16.0. The molecule has 0 aliphatic carbocycles. The third-order valence-corrected chi connectivity index (χ3v) is 5.22. The molecule has 0 atom stereocenters. The normalized spacial score (nSPS) is 13.8. The van der Waals surface area contributed by atoms with E-state index < -0.39 is 0 Å². The molecule has 0 N–H and O–H groups in total. The second-order valence-corrected chi connectivity index (χ2v) is 7.04. The topological polar surface area (TPSA) is 57.9 Å². The van der Waals surface area contributed by atoms with Crippen molar-refractivity contribution in [1.82, 2.24) is 19.2 Å². The van der Waals surface area contributed by atoms with E-state index >= 15 is 0 Å². The minimum Gasteiger partial charge on any atom is -0.336 e. The van der Waals surface area contributed by atoms with Crippen LogP contribution in [0.4, 0.5) is 0 Å². The molecule has 0 unspecified atom stereocenters. The van der Waals surface area contributed by atoms with Crippen molar-refractivity contribution in [3.05, 3.63) is 71.8 Å². The van der Waals surface area contributed by atoms with Crippen molar-refractivity contribution in [3.63, 3.8) is 0 Å². The van der Waals surface area contributed by atoms with E-state index in [1.807, 2.05) is 60.4 Å². The fourth-order valence-corrected chi connectivity index (χ4v) is 3.69. The van der Waals surface area contributed by atoms with E-state index in [-0.39, 0.29) is 11.8 Å². The van der Waals surface area contributed by atoms with Gasteiger partial charge in [-0.2, -0.15) is 0 Å². The van der Waals surface area contributed by atoms with Gasteiger partial charge in [-0.25, -0.2) is 4.98 Å². The highest BCUT2D eigenvalue weighted by Crippen LogP contribution is 2.19. The molecule has 144 valence electrons. The van der Waals surface area contributed by atoms with E-state index in [0.29, 0.717) is 30.1 Å². The maximum Gasteiger partial charge on any atom is 0.290 e. The Hall–Kier alpha value is -3.15. The van der Waals surface area contributed by atoms with Crippen LogP contribution in [0, 0.1) is 0 Å². The van der Waals surface area contributed by atoms with Crippen LogP contribution in [0.5, 0.6) is 0 Å². The van der Waals surface area contributed by atoms with Gasteiger partial charge in [-0.15, -0.1) is 0 Å². The number of carbonyl (C=O) groups excluding carboxylic acids is 2. The fraction of sp³-hybridized carbons (Fsp3) is 0.318. The van der Waals surface area contributed by atoms with Crippen LogP contribution in [-0.2, 0) is 6.54 Å². The summed E-state index contributed by atoms with van der Waals surface area (Å²) in [6.45, 7) is 4.53. The number of aromatic nitrogens is 2. The first-order valence-corrected chi connectivity index (χ1v) is 9.78. The molecule has 2 amide bonds. The van der Waals surface area contributed by atoms with Crippen molar-refractivity contribution >= 4 is 17.3 Å². The number of fused-ring (bicyclic) bond motifs is 1. The maximum absolute atomic E-state index is 13.3. The van der Waals surface area contributed by atoms with Crippen LogP contribution in [-0.4, -0.2) is 50.6 Å². The first-order chi connectivity index (χ1) is 13.7. The summed E-state index contributed by atoms with van der Waals surface area (Å²) in [5.74, 6) is 0.0518. The number of pyridine rings is 1. The van der Waals surface area contributed by atoms with Gasteiger partial charge in [0.25, 0.3) is 11.8 Å². The number of hydrogen-bond donors (Lipinski definition) is 0. The Bertz CT molecular complexity index is 990. The molecule has 1 aliphatic heterocycles. The molecule has 0 bridgehead atoms. The Labute approximate surface area is 164 Å². The van der Waals surface area contributed by atoms with E-state index in [2.05, 4.69) is 4.98 Å². The van der Waals surface area contributed by atoms with E-state index in [4.69, 9.17) is 0 Å². The zero-order valence-electron chi connectivity index (χ0n) is 16.0. The third kappa shape index (κ3) is 3.38. The van der Waals surface area contributed by atoms with Gasteiger partial charge >= 0.3 is 0 Å². The number of hydrogen-bond acceptors (Lipinski definition) is 3. The van der Waals surface area contributed by atoms with Crippen LogP contribution in [0.2, 0.25) is 0 Å². The first-order valence-electron chi connectivity index (χ1n) is 9.78. The molecule has 1 saturated heterocycles. The SMILES string of the molecule is CCN(Cc1ccccc1)C(=O)c1nc(C(=O)N2CCCC2)n2ccccc12. The average molecular weight is 376 g/mol. The monoisotopic (exact) mass is 376 g/mol. The Morgan fingerprint density at radius 1 is 1.04 bits per heavy atom. The molecule has 1 aromatic carbocycles. The highest BCUT2D eigenvalue weighted by molar-refractivity contribution is 6.02. The van der Waals surface area contributed by atoms with Crippen LogP contribution < -0.4 is 0 Å². The third-order valence-electron chi connectivity index (χ3n) is 5.22. The first kappa shape index (κ1) is 18.2. The average Bonchev–Trinajstić information content (AvgIpc) is 3.40. The summed E-state index contributed by atoms with van der Waals surface area (Å²) in [4.78, 5) is 34.3. The van der Waals surface area contributed by atoms with Gasteiger partial charge in [0.1, 0.15) is 0 Å². The molecule has 4 rings (SSSR count). The van der Waals surface area contributed by atoms with Gasteiger partial charge in [0.2, 0.25) is 5.82 Å². The van der Waals surface area contributed by atoms with Crippen molar-refractivity contribution in [3.8, 4) is 0 Å². The van der Waals surface area contributed by atoms with E-state index in [0.717, 1.165) is 31.5 Å². The van der Waals surface area contributed by atoms with Gasteiger partial charge in [0.15, 0.2) is 5.69 Å². The van der Waals surface area contributed by atoms with Crippen molar-refractivity contribution in [2.45, 2.75) is 26.3 Å². The number of likely N-dealkylation sites (tertiary alicyclic amines) is 1. The Morgan fingerprint density at radius 3 is 2.46 bits per heavy atom. The summed E-state index contributed by atoms with van der Waals surface area (Å²) in [5.41, 5.74) is 2.07. The van der Waals surface area contributed by atoms with Gasteiger partial charge in [-0.3, -0.25) is 14.0 Å². The molecule has 1 aliphatic rings. The van der Waals surface area contributed by atoms with E-state index in [9.17, 15) is 9.59 Å². The second kappa shape index (κ2) is 7.84. The molecular formula is C22H24N4O2. The number of imidazole rings is 1. The standard InChI is InChI=1S/C22H24N4O2/c1-2-24(16-17-10-4-3-5-11-17)21(27)19-18-12-6-7-15-26(18)20(23-19)22(28)25-13-8-9-14-25/h3-7,10-12,15H,2,8-9,13-14,16H2,1H3. The highest BCUT2D eigenvalue weighted by atomic mass is 16.2. The predicted octanol–water partition coefficient (Wildman–Crippen LogP) is 3.23. The van der Waals surface area contributed by atoms with Crippen molar-refractivity contribution in [2.24, 2.45) is 0 Å². The molecule has 28 heavy (non-hydrogen) atoms. The summed E-state index contributed by atoms with van der Waals surface area (Å²) in [6.07, 6.45) is 3.83. The van der Waals surface area contributed by atoms with Crippen LogP contribution in [0.1, 0.15) is 46.4 Å². The Balaban J connectivity index is 1.69. The number of carbonyl (C=O) groups is 2. The predicted molar refractivity (Wildman–Crippen MR) is 107 cm³/mol. The molecule has 6 heteroatoms. The zero-order chi connectivity index (χ0) is 19.5. The molecule has 6 nitrogen and oxygen atoms in total. The molecule has 2 aromatic heterocycles. The largest absolute Gasteiger partial charge is 0.336 e. The molecular weight excluding hydrogens is 352 g/mol. The summed E-state index contributed by atoms with van der Waals surface area (Å²) >= 11 is 0. The van der Waals surface area contributed by atoms with Crippen molar-refractivity contribution in [1.29, 1.82) is 0 Å². The van der Waals surface area contributed by atoms with Crippen LogP contribution in [0.3, 0.4) is 0 Å². The Morgan fingerprint density at radius 2 is 1.75 bits per heavy atom. The number of nitrogens with zero attached hydrogens (tertiary/aromatic N) is 4. The summed E-state index contributed by atoms with van der Waals surface area (Å²) in [5, 5.41) is 0. The molecule has 3 heterocycles. The molecule has 0 radical (unpaired) electrons. The minimum atomic E-state index is -0.157. The lowest BCUT2D eigenvalue weighted by Crippen LogP contribution is -2.31. The number of benzene rings is 1. The smallest absolute Gasteiger partial charge is 0.290 e. The van der Waals surface area contributed by atoms with Gasteiger partial charge in [-0.1, -0.05) is 36.4 Å². The molecule has 3 aromatic rings. The number of amides is 2. The van der Waals surface area contributed by atoms with Crippen LogP contribution in [0.25, 0.3) is 5.52 Å². The van der Waals surface area contributed by atoms with Gasteiger partial charge in [-0.05, 0) is 37.5 Å². The fourth-order valence-electron chi connectivity index (χ4n) is 3.69. The summed E-state index contributed by atoms with van der Waals surface area (Å²) in [7, 11) is 0. The minimum absolute atomic E-state index is 0.108. The Kier molecular flexibility index (Phi) is 5.10. The van der Waals surface area contributed by atoms with Crippen LogP contribution >= 0.6 is 0 Å². The second-order valence-electron chi connectivity index (χ2n) is 7.04. The number of rotatable bonds is 5. The quantitative estimate of drug-likeness (QED) is 0.687. The van der Waals surface area contributed by atoms with Crippen molar-refractivity contribution < 1.29 is 9.59 Å². The summed E-state index contributed by atoms with van der Waals surface area (Å²) in [6, 6.07) is 15.5. The van der Waals surface area contributed by atoms with Gasteiger partial charge in [0, 0.05) is 32.4 Å². The lowest BCUT2D eigenvalue weighted by molar-refractivity contribution is 0.0749. The molecule has 1 fully saturated rings. The van der Waals surface area contributed by atoms with E-state index in [1.165, 1.54) is 0 Å². The maximum atomic E-state index is 13.3. The molecule has 0 spiro atoms. The highest BCUT2D eigenvalue weighted by Gasteiger charge is 2.28. The van der Waals surface area contributed by atoms with E-state index in [1.54, 1.807) is 15.5 Å².